The molecular formula is C16H20N4O5S. The van der Waals surface area contributed by atoms with Crippen molar-refractivity contribution in [3.8, 4) is 0 Å². The predicted molar refractivity (Wildman–Crippen MR) is 92.5 cm³/mol. The third-order valence-corrected chi connectivity index (χ3v) is 5.61. The monoisotopic (exact) mass is 380 g/mol. The summed E-state index contributed by atoms with van der Waals surface area (Å²) in [6.07, 6.45) is 3.88. The average Bonchev–Trinajstić information content (AvgIpc) is 2.79. The first-order chi connectivity index (χ1) is 12.2. The van der Waals surface area contributed by atoms with Gasteiger partial charge in [0, 0.05) is 5.69 Å². The topological polar surface area (TPSA) is 139 Å². The second-order valence-corrected chi connectivity index (χ2v) is 8.15. The number of imide groups is 1. The summed E-state index contributed by atoms with van der Waals surface area (Å²) in [5.41, 5.74) is -0.677. The van der Waals surface area contributed by atoms with Gasteiger partial charge in [-0.25, -0.2) is 18.4 Å². The van der Waals surface area contributed by atoms with E-state index in [4.69, 9.17) is 5.14 Å². The summed E-state index contributed by atoms with van der Waals surface area (Å²) in [6, 6.07) is 4.85. The number of primary sulfonamides is 1. The van der Waals surface area contributed by atoms with Gasteiger partial charge in [-0.05, 0) is 31.0 Å². The molecule has 0 unspecified atom stereocenters. The highest BCUT2D eigenvalue weighted by atomic mass is 32.2. The van der Waals surface area contributed by atoms with Gasteiger partial charge in [-0.2, -0.15) is 0 Å². The number of anilines is 1. The summed E-state index contributed by atoms with van der Waals surface area (Å²) in [6.45, 7) is -0.438. The molecule has 1 aromatic carbocycles. The molecule has 2 fully saturated rings. The fourth-order valence-corrected chi connectivity index (χ4v) is 3.97. The van der Waals surface area contributed by atoms with Crippen LogP contribution in [-0.4, -0.2) is 43.2 Å². The lowest BCUT2D eigenvalue weighted by molar-refractivity contribution is -0.134. The van der Waals surface area contributed by atoms with Gasteiger partial charge in [-0.1, -0.05) is 25.3 Å². The van der Waals surface area contributed by atoms with Gasteiger partial charge in [0.05, 0.1) is 4.90 Å². The smallest absolute Gasteiger partial charge is 0.324 e. The second-order valence-electron chi connectivity index (χ2n) is 6.59. The van der Waals surface area contributed by atoms with E-state index in [1.807, 2.05) is 0 Å². The number of urea groups is 1. The van der Waals surface area contributed by atoms with Crippen molar-refractivity contribution in [2.45, 2.75) is 42.5 Å². The Morgan fingerprint density at radius 1 is 1.23 bits per heavy atom. The van der Waals surface area contributed by atoms with Crippen LogP contribution in [-0.2, 0) is 19.6 Å². The summed E-state index contributed by atoms with van der Waals surface area (Å²) in [4.78, 5) is 37.8. The molecule has 1 aromatic rings. The van der Waals surface area contributed by atoms with Gasteiger partial charge in [0.25, 0.3) is 5.91 Å². The number of rotatable bonds is 4. The van der Waals surface area contributed by atoms with Crippen molar-refractivity contribution < 1.29 is 22.8 Å². The quantitative estimate of drug-likeness (QED) is 0.654. The number of nitrogens with two attached hydrogens (primary N) is 1. The Bertz CT molecular complexity index is 861. The molecule has 0 aromatic heterocycles. The zero-order valence-electron chi connectivity index (χ0n) is 14.0. The van der Waals surface area contributed by atoms with Crippen LogP contribution in [0, 0.1) is 0 Å². The van der Waals surface area contributed by atoms with E-state index < -0.39 is 34.0 Å². The molecule has 2 aliphatic rings. The van der Waals surface area contributed by atoms with Crippen LogP contribution >= 0.6 is 0 Å². The lowest BCUT2D eigenvalue weighted by Crippen LogP contribution is -2.48. The van der Waals surface area contributed by atoms with Crippen molar-refractivity contribution >= 4 is 33.6 Å². The number of sulfonamides is 1. The number of benzene rings is 1. The minimum Gasteiger partial charge on any atom is -0.324 e. The van der Waals surface area contributed by atoms with E-state index in [-0.39, 0.29) is 16.5 Å². The maximum absolute atomic E-state index is 12.6. The van der Waals surface area contributed by atoms with Gasteiger partial charge in [0.15, 0.2) is 0 Å². The highest BCUT2D eigenvalue weighted by Gasteiger charge is 2.51. The molecule has 1 aliphatic heterocycles. The first kappa shape index (κ1) is 18.3. The van der Waals surface area contributed by atoms with Crippen LogP contribution in [0.25, 0.3) is 0 Å². The number of nitrogens with zero attached hydrogens (tertiary/aromatic N) is 1. The van der Waals surface area contributed by atoms with E-state index in [0.717, 1.165) is 24.2 Å². The molecule has 140 valence electrons. The number of hydrogen-bond donors (Lipinski definition) is 3. The van der Waals surface area contributed by atoms with Crippen molar-refractivity contribution in [2.24, 2.45) is 5.14 Å². The van der Waals surface area contributed by atoms with Crippen LogP contribution in [0.3, 0.4) is 0 Å². The van der Waals surface area contributed by atoms with Crippen molar-refractivity contribution in [1.82, 2.24) is 10.2 Å². The van der Waals surface area contributed by atoms with Crippen molar-refractivity contribution in [3.63, 3.8) is 0 Å². The Hall–Kier alpha value is -2.46. The fraction of sp³-hybridized carbons (Fsp3) is 0.438. The van der Waals surface area contributed by atoms with Crippen LogP contribution < -0.4 is 15.8 Å². The Morgan fingerprint density at radius 3 is 2.58 bits per heavy atom. The molecule has 26 heavy (non-hydrogen) atoms. The van der Waals surface area contributed by atoms with E-state index in [2.05, 4.69) is 10.6 Å². The Kier molecular flexibility index (Phi) is 4.72. The van der Waals surface area contributed by atoms with Gasteiger partial charge in [-0.3, -0.25) is 14.5 Å². The normalized spacial score (nSPS) is 19.5. The van der Waals surface area contributed by atoms with E-state index in [0.29, 0.717) is 12.8 Å². The Balaban J connectivity index is 1.69. The Labute approximate surface area is 151 Å². The maximum Gasteiger partial charge on any atom is 0.325 e. The lowest BCUT2D eigenvalue weighted by Gasteiger charge is -2.30. The molecule has 9 nitrogen and oxygen atoms in total. The third-order valence-electron chi connectivity index (χ3n) is 4.70. The van der Waals surface area contributed by atoms with E-state index >= 15 is 0 Å². The number of carbonyl (C=O) groups is 3. The largest absolute Gasteiger partial charge is 0.325 e. The van der Waals surface area contributed by atoms with Crippen molar-refractivity contribution in [1.29, 1.82) is 0 Å². The van der Waals surface area contributed by atoms with Crippen molar-refractivity contribution in [3.05, 3.63) is 24.3 Å². The Morgan fingerprint density at radius 2 is 1.92 bits per heavy atom. The zero-order valence-corrected chi connectivity index (χ0v) is 14.8. The highest BCUT2D eigenvalue weighted by Crippen LogP contribution is 2.33. The molecular weight excluding hydrogens is 360 g/mol. The summed E-state index contributed by atoms with van der Waals surface area (Å²) in [5.74, 6) is -0.983. The molecule has 0 radical (unpaired) electrons. The molecule has 3 rings (SSSR count). The molecule has 10 heteroatoms. The molecule has 0 atom stereocenters. The molecule has 4 N–H and O–H groups in total. The highest BCUT2D eigenvalue weighted by molar-refractivity contribution is 7.89. The van der Waals surface area contributed by atoms with Gasteiger partial charge < -0.3 is 10.6 Å². The minimum atomic E-state index is -3.90. The average molecular weight is 380 g/mol. The maximum atomic E-state index is 12.6. The minimum absolute atomic E-state index is 0.147. The first-order valence-electron chi connectivity index (χ1n) is 8.28. The molecule has 0 bridgehead atoms. The summed E-state index contributed by atoms with van der Waals surface area (Å²) < 4.78 is 22.7. The lowest BCUT2D eigenvalue weighted by atomic mass is 9.82. The molecule has 1 heterocycles. The number of hydrogen-bond acceptors (Lipinski definition) is 5. The van der Waals surface area contributed by atoms with Crippen LogP contribution in [0.2, 0.25) is 0 Å². The summed E-state index contributed by atoms with van der Waals surface area (Å²) in [7, 11) is -3.90. The molecule has 1 aliphatic carbocycles. The molecule has 1 saturated heterocycles. The number of carbonyl (C=O) groups excluding carboxylic acids is 3. The third kappa shape index (κ3) is 3.56. The van der Waals surface area contributed by atoms with Crippen LogP contribution in [0.1, 0.15) is 32.1 Å². The summed E-state index contributed by atoms with van der Waals surface area (Å²) >= 11 is 0. The van der Waals surface area contributed by atoms with Crippen LogP contribution in [0.15, 0.2) is 29.2 Å². The van der Waals surface area contributed by atoms with E-state index in [9.17, 15) is 22.8 Å². The van der Waals surface area contributed by atoms with Gasteiger partial charge in [0.2, 0.25) is 15.9 Å². The van der Waals surface area contributed by atoms with Gasteiger partial charge in [0.1, 0.15) is 12.1 Å². The number of amides is 4. The fourth-order valence-electron chi connectivity index (χ4n) is 3.41. The first-order valence-corrected chi connectivity index (χ1v) is 9.83. The molecule has 1 spiro atoms. The zero-order chi connectivity index (χ0) is 18.9. The SMILES string of the molecule is NS(=O)(=O)c1cccc(NC(=O)CN2C(=O)NC3(CCCCC3)C2=O)c1. The predicted octanol–water partition coefficient (Wildman–Crippen LogP) is 0.527. The summed E-state index contributed by atoms with van der Waals surface area (Å²) in [5, 5.41) is 10.3. The van der Waals surface area contributed by atoms with E-state index in [1.54, 1.807) is 0 Å². The molecule has 1 saturated carbocycles. The number of nitrogens with one attached hydrogen (secondary N) is 2. The van der Waals surface area contributed by atoms with Crippen molar-refractivity contribution in [2.75, 3.05) is 11.9 Å². The molecule has 4 amide bonds. The van der Waals surface area contributed by atoms with Gasteiger partial charge >= 0.3 is 6.03 Å². The second kappa shape index (κ2) is 6.69. The van der Waals surface area contributed by atoms with Crippen LogP contribution in [0.5, 0.6) is 0 Å². The standard InChI is InChI=1S/C16H20N4O5S/c17-26(24,25)12-6-4-5-11(9-12)18-13(21)10-20-14(22)16(19-15(20)23)7-2-1-3-8-16/h4-6,9H,1-3,7-8,10H2,(H,18,21)(H,19,23)(H2,17,24,25). The van der Waals surface area contributed by atoms with Crippen LogP contribution in [0.4, 0.5) is 10.5 Å². The van der Waals surface area contributed by atoms with Gasteiger partial charge in [-0.15, -0.1) is 0 Å². The van der Waals surface area contributed by atoms with E-state index in [1.165, 1.54) is 24.3 Å².